The van der Waals surface area contributed by atoms with E-state index in [1.54, 1.807) is 0 Å². The summed E-state index contributed by atoms with van der Waals surface area (Å²) in [5.41, 5.74) is 0. The van der Waals surface area contributed by atoms with Crippen molar-refractivity contribution in [2.45, 2.75) is 117 Å². The van der Waals surface area contributed by atoms with Gasteiger partial charge in [-0.15, -0.1) is 4.52 Å². The second-order valence-corrected chi connectivity index (χ2v) is 7.21. The number of unbranched alkanes of at least 4 members (excludes halogenated alkanes) is 14. The number of hydrogen-bond acceptors (Lipinski definition) is 3. The summed E-state index contributed by atoms with van der Waals surface area (Å²) in [6.07, 6.45) is 20.6. The SMILES string of the molecule is CCCCCCCCCCO[P+](=O)[O-].[CH2-]CCCCCCCCC.[Ni+2]. The minimum atomic E-state index is -2.63. The molecule has 0 saturated carbocycles. The Kier molecular flexibility index (Phi) is 35.4. The van der Waals surface area contributed by atoms with Crippen molar-refractivity contribution < 1.29 is 30.5 Å². The molecule has 0 aromatic rings. The second-order valence-electron chi connectivity index (χ2n) is 6.51. The summed E-state index contributed by atoms with van der Waals surface area (Å²) in [7, 11) is -2.63. The van der Waals surface area contributed by atoms with Crippen LogP contribution in [0.25, 0.3) is 0 Å². The molecule has 0 aliphatic heterocycles. The van der Waals surface area contributed by atoms with Crippen LogP contribution in [0.1, 0.15) is 117 Å². The third-order valence-corrected chi connectivity index (χ3v) is 4.44. The van der Waals surface area contributed by atoms with Crippen LogP contribution in [0.2, 0.25) is 0 Å². The molecule has 25 heavy (non-hydrogen) atoms. The van der Waals surface area contributed by atoms with Gasteiger partial charge in [-0.05, 0) is 11.0 Å². The molecule has 0 aromatic heterocycles. The second kappa shape index (κ2) is 29.3. The molecule has 3 nitrogen and oxygen atoms in total. The zero-order valence-electron chi connectivity index (χ0n) is 16.7. The molecule has 1 unspecified atom stereocenters. The maximum atomic E-state index is 10.0. The van der Waals surface area contributed by atoms with Crippen molar-refractivity contribution in [2.75, 3.05) is 6.61 Å². The summed E-state index contributed by atoms with van der Waals surface area (Å²) >= 11 is 0. The van der Waals surface area contributed by atoms with Crippen LogP contribution in [0.5, 0.6) is 0 Å². The summed E-state index contributed by atoms with van der Waals surface area (Å²) < 4.78 is 14.5. The Morgan fingerprint density at radius 2 is 1.08 bits per heavy atom. The zero-order valence-corrected chi connectivity index (χ0v) is 18.6. The molecule has 154 valence electrons. The van der Waals surface area contributed by atoms with Gasteiger partial charge in [0.05, 0.1) is 0 Å². The van der Waals surface area contributed by atoms with Gasteiger partial charge in [0.15, 0.2) is 0 Å². The first kappa shape index (κ1) is 30.2. The van der Waals surface area contributed by atoms with Crippen molar-refractivity contribution in [1.82, 2.24) is 0 Å². The van der Waals surface area contributed by atoms with Gasteiger partial charge >= 0.3 is 24.7 Å². The average Bonchev–Trinajstić information content (AvgIpc) is 2.57. The smallest absolute Gasteiger partial charge is 0.566 e. The van der Waals surface area contributed by atoms with Crippen molar-refractivity contribution in [3.05, 3.63) is 6.92 Å². The molecule has 0 fully saturated rings. The van der Waals surface area contributed by atoms with Crippen molar-refractivity contribution >= 4 is 8.25 Å². The molecule has 0 amide bonds. The Morgan fingerprint density at radius 1 is 0.720 bits per heavy atom. The molecule has 0 saturated heterocycles. The van der Waals surface area contributed by atoms with Gasteiger partial charge in [-0.2, -0.15) is 6.42 Å². The van der Waals surface area contributed by atoms with Crippen LogP contribution in [-0.4, -0.2) is 6.61 Å². The van der Waals surface area contributed by atoms with E-state index in [9.17, 15) is 9.46 Å². The predicted molar refractivity (Wildman–Crippen MR) is 104 cm³/mol. The van der Waals surface area contributed by atoms with Gasteiger partial charge in [0.2, 0.25) is 0 Å². The van der Waals surface area contributed by atoms with Crippen LogP contribution in [0.4, 0.5) is 0 Å². The standard InChI is InChI=1S/C10H21O3P.C10H21.Ni/c1-2-3-4-5-6-7-8-9-10-13-14(11)12;1-3-5-7-9-10-8-6-4-2;/h2-10H2,1H3;1,3-10H2,2H3;/q;-1;+2. The molecule has 0 bridgehead atoms. The van der Waals surface area contributed by atoms with E-state index in [0.29, 0.717) is 6.61 Å². The first-order chi connectivity index (χ1) is 11.7. The van der Waals surface area contributed by atoms with Gasteiger partial charge in [-0.1, -0.05) is 104 Å². The first-order valence-corrected chi connectivity index (χ1v) is 11.3. The Morgan fingerprint density at radius 3 is 1.44 bits per heavy atom. The predicted octanol–water partition coefficient (Wildman–Crippen LogP) is 7.12. The minimum absolute atomic E-state index is 0. The van der Waals surface area contributed by atoms with E-state index >= 15 is 0 Å². The summed E-state index contributed by atoms with van der Waals surface area (Å²) in [4.78, 5) is 10.0. The molecular formula is C20H42NiO3P+. The third kappa shape index (κ3) is 36.3. The van der Waals surface area contributed by atoms with Crippen LogP contribution >= 0.6 is 8.25 Å². The molecule has 0 heterocycles. The van der Waals surface area contributed by atoms with Gasteiger partial charge in [0.1, 0.15) is 6.61 Å². The summed E-state index contributed by atoms with van der Waals surface area (Å²) in [6, 6.07) is 0. The van der Waals surface area contributed by atoms with Gasteiger partial charge in [0.25, 0.3) is 0 Å². The fourth-order valence-corrected chi connectivity index (χ4v) is 2.79. The summed E-state index contributed by atoms with van der Waals surface area (Å²) in [6.45, 7) is 8.64. The third-order valence-electron chi connectivity index (χ3n) is 4.05. The van der Waals surface area contributed by atoms with Crippen molar-refractivity contribution in [3.8, 4) is 0 Å². The fraction of sp³-hybridized carbons (Fsp3) is 0.950. The van der Waals surface area contributed by atoms with Crippen LogP contribution in [-0.2, 0) is 25.6 Å². The van der Waals surface area contributed by atoms with Crippen molar-refractivity contribution in [2.24, 2.45) is 0 Å². The molecule has 0 radical (unpaired) electrons. The summed E-state index contributed by atoms with van der Waals surface area (Å²) in [5.74, 6) is 0. The zero-order chi connectivity index (χ0) is 18.3. The Labute approximate surface area is 169 Å². The van der Waals surface area contributed by atoms with Gasteiger partial charge in [0, 0.05) is 0 Å². The molecule has 0 N–H and O–H groups in total. The van der Waals surface area contributed by atoms with Crippen LogP contribution in [0.3, 0.4) is 0 Å². The summed E-state index contributed by atoms with van der Waals surface area (Å²) in [5, 5.41) is 0. The molecule has 0 rings (SSSR count). The molecule has 0 aliphatic carbocycles. The Balaban J connectivity index is -0.000000392. The minimum Gasteiger partial charge on any atom is -0.566 e. The molecule has 0 aliphatic rings. The Bertz CT molecular complexity index is 233. The van der Waals surface area contributed by atoms with E-state index in [4.69, 9.17) is 0 Å². The van der Waals surface area contributed by atoms with Gasteiger partial charge < -0.3 is 11.8 Å². The van der Waals surface area contributed by atoms with Crippen LogP contribution < -0.4 is 4.89 Å². The Hall–Kier alpha value is 0.514. The molecule has 0 aromatic carbocycles. The molecule has 0 spiro atoms. The molecule has 1 atom stereocenters. The van der Waals surface area contributed by atoms with Crippen LogP contribution in [0.15, 0.2) is 0 Å². The van der Waals surface area contributed by atoms with Gasteiger partial charge in [-0.3, -0.25) is 0 Å². The molecular weight excluding hydrogens is 378 g/mol. The maximum absolute atomic E-state index is 10.0. The van der Waals surface area contributed by atoms with E-state index < -0.39 is 8.25 Å². The van der Waals surface area contributed by atoms with E-state index in [-0.39, 0.29) is 16.5 Å². The van der Waals surface area contributed by atoms with E-state index in [1.165, 1.54) is 83.5 Å². The normalized spacial score (nSPS) is 10.6. The van der Waals surface area contributed by atoms with Crippen molar-refractivity contribution in [3.63, 3.8) is 0 Å². The van der Waals surface area contributed by atoms with Gasteiger partial charge in [-0.25, -0.2) is 0 Å². The molecule has 5 heteroatoms. The maximum Gasteiger partial charge on any atom is 2.00 e. The monoisotopic (exact) mass is 419 g/mol. The first-order valence-electron chi connectivity index (χ1n) is 10.3. The quantitative estimate of drug-likeness (QED) is 0.109. The van der Waals surface area contributed by atoms with E-state index in [2.05, 4.69) is 25.3 Å². The topological polar surface area (TPSA) is 49.4 Å². The van der Waals surface area contributed by atoms with Crippen LogP contribution in [0, 0.1) is 6.92 Å². The average molecular weight is 420 g/mol. The largest absolute Gasteiger partial charge is 2.00 e. The number of rotatable bonds is 17. The van der Waals surface area contributed by atoms with E-state index in [0.717, 1.165) is 19.3 Å². The van der Waals surface area contributed by atoms with E-state index in [1.807, 2.05) is 0 Å². The fourth-order valence-electron chi connectivity index (χ4n) is 2.51. The number of hydrogen-bond donors (Lipinski definition) is 0. The van der Waals surface area contributed by atoms with Crippen molar-refractivity contribution in [1.29, 1.82) is 0 Å².